The summed E-state index contributed by atoms with van der Waals surface area (Å²) in [4.78, 5) is 28.1. The van der Waals surface area contributed by atoms with Gasteiger partial charge in [-0.25, -0.2) is 4.79 Å². The van der Waals surface area contributed by atoms with Crippen LogP contribution in [0.3, 0.4) is 0 Å². The fourth-order valence-electron chi connectivity index (χ4n) is 2.82. The lowest BCUT2D eigenvalue weighted by molar-refractivity contribution is -0.0305. The molecule has 3 rings (SSSR count). The van der Waals surface area contributed by atoms with Crippen molar-refractivity contribution in [2.24, 2.45) is 0 Å². The van der Waals surface area contributed by atoms with Crippen LogP contribution >= 0.6 is 11.8 Å². The van der Waals surface area contributed by atoms with E-state index in [-0.39, 0.29) is 18.9 Å². The van der Waals surface area contributed by atoms with Gasteiger partial charge >= 0.3 is 5.69 Å². The molecule has 146 valence electrons. The van der Waals surface area contributed by atoms with Crippen LogP contribution in [-0.2, 0) is 17.9 Å². The molecule has 0 aliphatic rings. The first kappa shape index (κ1) is 20.1. The minimum Gasteiger partial charge on any atom is -0.393 e. The fourth-order valence-corrected chi connectivity index (χ4v) is 3.95. The number of H-pyrrole nitrogens is 1. The Kier molecular flexibility index (Phi) is 6.86. The highest BCUT2D eigenvalue weighted by molar-refractivity contribution is 7.99. The number of aliphatic hydroxyl groups excluding tert-OH is 1. The highest BCUT2D eigenvalue weighted by Crippen LogP contribution is 2.29. The maximum Gasteiger partial charge on any atom is 0.331 e. The number of hydrogen-bond donors (Lipinski definition) is 2. The van der Waals surface area contributed by atoms with Gasteiger partial charge in [0.2, 0.25) is 0 Å². The summed E-state index contributed by atoms with van der Waals surface area (Å²) < 4.78 is 7.25. The minimum absolute atomic E-state index is 0.0854. The Morgan fingerprint density at radius 2 is 1.71 bits per heavy atom. The van der Waals surface area contributed by atoms with Gasteiger partial charge in [-0.2, -0.15) is 0 Å². The van der Waals surface area contributed by atoms with E-state index >= 15 is 0 Å². The van der Waals surface area contributed by atoms with Crippen molar-refractivity contribution in [1.29, 1.82) is 0 Å². The van der Waals surface area contributed by atoms with Gasteiger partial charge in [-0.3, -0.25) is 14.3 Å². The van der Waals surface area contributed by atoms with E-state index in [9.17, 15) is 14.7 Å². The Labute approximate surface area is 166 Å². The molecular weight excluding hydrogens is 376 g/mol. The number of hydrogen-bond acceptors (Lipinski definition) is 5. The Bertz CT molecular complexity index is 1020. The van der Waals surface area contributed by atoms with Crippen molar-refractivity contribution >= 4 is 11.8 Å². The molecule has 1 unspecified atom stereocenters. The largest absolute Gasteiger partial charge is 0.393 e. The van der Waals surface area contributed by atoms with Crippen molar-refractivity contribution in [3.8, 4) is 0 Å². The molecule has 0 bridgehead atoms. The van der Waals surface area contributed by atoms with Gasteiger partial charge in [-0.15, -0.1) is 0 Å². The SMILES string of the molecule is CCc1c(Sc2ccccc2)n(COC(CO)c2ccccc2)c(=O)[nH]c1=O. The summed E-state index contributed by atoms with van der Waals surface area (Å²) in [5.41, 5.74) is 0.419. The summed E-state index contributed by atoms with van der Waals surface area (Å²) in [5.74, 6) is 0. The number of ether oxygens (including phenoxy) is 1. The van der Waals surface area contributed by atoms with E-state index in [1.54, 1.807) is 0 Å². The molecule has 0 fully saturated rings. The topological polar surface area (TPSA) is 84.3 Å². The van der Waals surface area contributed by atoms with Gasteiger partial charge in [0.05, 0.1) is 11.6 Å². The van der Waals surface area contributed by atoms with E-state index in [0.29, 0.717) is 17.0 Å². The number of aromatic amines is 1. The molecule has 1 heterocycles. The van der Waals surface area contributed by atoms with E-state index < -0.39 is 11.8 Å². The maximum absolute atomic E-state index is 12.5. The third-order valence-electron chi connectivity index (χ3n) is 4.30. The number of nitrogens with zero attached hydrogens (tertiary/aromatic N) is 1. The Balaban J connectivity index is 1.95. The summed E-state index contributed by atoms with van der Waals surface area (Å²) in [5, 5.41) is 10.2. The van der Waals surface area contributed by atoms with Gasteiger partial charge in [-0.1, -0.05) is 67.2 Å². The van der Waals surface area contributed by atoms with Gasteiger partial charge in [0.25, 0.3) is 5.56 Å². The summed E-state index contributed by atoms with van der Waals surface area (Å²) in [6.45, 7) is 1.57. The van der Waals surface area contributed by atoms with Gasteiger partial charge in [-0.05, 0) is 24.1 Å². The summed E-state index contributed by atoms with van der Waals surface area (Å²) in [7, 11) is 0. The molecule has 0 amide bonds. The number of nitrogens with one attached hydrogen (secondary N) is 1. The maximum atomic E-state index is 12.5. The normalized spacial score (nSPS) is 12.1. The molecule has 3 aromatic rings. The molecular formula is C21H22N2O4S. The number of benzene rings is 2. The second-order valence-corrected chi connectivity index (χ2v) is 7.18. The third kappa shape index (κ3) is 4.62. The van der Waals surface area contributed by atoms with E-state index in [1.165, 1.54) is 16.3 Å². The lowest BCUT2D eigenvalue weighted by Crippen LogP contribution is -2.34. The van der Waals surface area contributed by atoms with Crippen molar-refractivity contribution in [2.75, 3.05) is 6.61 Å². The van der Waals surface area contributed by atoms with Crippen LogP contribution < -0.4 is 11.2 Å². The molecule has 2 N–H and O–H groups in total. The van der Waals surface area contributed by atoms with E-state index in [1.807, 2.05) is 67.6 Å². The second kappa shape index (κ2) is 9.54. The van der Waals surface area contributed by atoms with Crippen LogP contribution in [0, 0.1) is 0 Å². The standard InChI is InChI=1S/C21H22N2O4S/c1-2-17-19(25)22-21(26)23(20(17)28-16-11-7-4-8-12-16)14-27-18(13-24)15-9-5-3-6-10-15/h3-12,18,24H,2,13-14H2,1H3,(H,22,25,26). The van der Waals surface area contributed by atoms with E-state index in [0.717, 1.165) is 10.5 Å². The number of aromatic nitrogens is 2. The first-order valence-electron chi connectivity index (χ1n) is 9.00. The predicted octanol–water partition coefficient (Wildman–Crippen LogP) is 2.96. The van der Waals surface area contributed by atoms with Crippen LogP contribution in [0.5, 0.6) is 0 Å². The van der Waals surface area contributed by atoms with Crippen molar-refractivity contribution in [3.63, 3.8) is 0 Å². The second-order valence-electron chi connectivity index (χ2n) is 6.12. The van der Waals surface area contributed by atoms with Crippen LogP contribution in [0.15, 0.2) is 80.2 Å². The smallest absolute Gasteiger partial charge is 0.331 e. The van der Waals surface area contributed by atoms with Crippen molar-refractivity contribution < 1.29 is 9.84 Å². The van der Waals surface area contributed by atoms with Gasteiger partial charge < -0.3 is 9.84 Å². The van der Waals surface area contributed by atoms with Crippen LogP contribution in [0.1, 0.15) is 24.2 Å². The van der Waals surface area contributed by atoms with Crippen LogP contribution in [0.2, 0.25) is 0 Å². The van der Waals surface area contributed by atoms with Crippen LogP contribution in [0.25, 0.3) is 0 Å². The number of aliphatic hydroxyl groups is 1. The molecule has 0 radical (unpaired) electrons. The molecule has 0 saturated heterocycles. The quantitative estimate of drug-likeness (QED) is 0.570. The zero-order chi connectivity index (χ0) is 19.9. The molecule has 0 aliphatic heterocycles. The Morgan fingerprint density at radius 3 is 2.32 bits per heavy atom. The van der Waals surface area contributed by atoms with Crippen molar-refractivity contribution in [3.05, 3.63) is 92.6 Å². The number of rotatable bonds is 8. The molecule has 0 spiro atoms. The highest BCUT2D eigenvalue weighted by atomic mass is 32.2. The summed E-state index contributed by atoms with van der Waals surface area (Å²) in [6.07, 6.45) is -0.0907. The monoisotopic (exact) mass is 398 g/mol. The molecule has 7 heteroatoms. The van der Waals surface area contributed by atoms with E-state index in [2.05, 4.69) is 4.98 Å². The molecule has 28 heavy (non-hydrogen) atoms. The zero-order valence-electron chi connectivity index (χ0n) is 15.5. The Morgan fingerprint density at radius 1 is 1.07 bits per heavy atom. The van der Waals surface area contributed by atoms with Crippen LogP contribution in [0.4, 0.5) is 0 Å². The molecule has 2 aromatic carbocycles. The lowest BCUT2D eigenvalue weighted by atomic mass is 10.1. The van der Waals surface area contributed by atoms with Crippen molar-refractivity contribution in [1.82, 2.24) is 9.55 Å². The van der Waals surface area contributed by atoms with Crippen molar-refractivity contribution in [2.45, 2.75) is 36.1 Å². The molecule has 0 saturated carbocycles. The van der Waals surface area contributed by atoms with Crippen LogP contribution in [-0.4, -0.2) is 21.3 Å². The predicted molar refractivity (Wildman–Crippen MR) is 109 cm³/mol. The first-order chi connectivity index (χ1) is 13.6. The Hall–Kier alpha value is -2.61. The average Bonchev–Trinajstić information content (AvgIpc) is 2.72. The van der Waals surface area contributed by atoms with Gasteiger partial charge in [0.1, 0.15) is 12.8 Å². The molecule has 6 nitrogen and oxygen atoms in total. The minimum atomic E-state index is -0.570. The highest BCUT2D eigenvalue weighted by Gasteiger charge is 2.17. The lowest BCUT2D eigenvalue weighted by Gasteiger charge is -2.19. The summed E-state index contributed by atoms with van der Waals surface area (Å²) >= 11 is 1.35. The van der Waals surface area contributed by atoms with Gasteiger partial charge in [0, 0.05) is 10.5 Å². The fraction of sp³-hybridized carbons (Fsp3) is 0.238. The average molecular weight is 398 g/mol. The molecule has 1 atom stereocenters. The molecule has 0 aliphatic carbocycles. The molecule has 1 aromatic heterocycles. The summed E-state index contributed by atoms with van der Waals surface area (Å²) in [6, 6.07) is 18.9. The third-order valence-corrected chi connectivity index (χ3v) is 5.46. The van der Waals surface area contributed by atoms with E-state index in [4.69, 9.17) is 4.74 Å². The zero-order valence-corrected chi connectivity index (χ0v) is 16.3. The first-order valence-corrected chi connectivity index (χ1v) is 9.82. The van der Waals surface area contributed by atoms with Gasteiger partial charge in [0.15, 0.2) is 0 Å².